The molecule has 0 unspecified atom stereocenters. The molecule has 0 saturated heterocycles. The first-order valence-corrected chi connectivity index (χ1v) is 10.8. The summed E-state index contributed by atoms with van der Waals surface area (Å²) >= 11 is 0. The lowest BCUT2D eigenvalue weighted by atomic mass is 9.95. The zero-order valence-electron chi connectivity index (χ0n) is 17.2. The highest BCUT2D eigenvalue weighted by Crippen LogP contribution is 2.47. The van der Waals surface area contributed by atoms with Crippen LogP contribution >= 0.6 is 0 Å². The van der Waals surface area contributed by atoms with E-state index in [9.17, 15) is 14.7 Å². The molecule has 1 atom stereocenters. The van der Waals surface area contributed by atoms with E-state index in [-0.39, 0.29) is 29.0 Å². The SMILES string of the molecule is C[C@@H](C1CC1)N1Cc2cc(-c3ccn4nc(N)c(C(=O)O)c4n3)cc(C3CC3)c2C1=O. The molecular formula is C23H23N5O3. The van der Waals surface area contributed by atoms with Crippen LogP contribution in [-0.4, -0.2) is 42.5 Å². The van der Waals surface area contributed by atoms with E-state index in [1.807, 2.05) is 17.0 Å². The highest BCUT2D eigenvalue weighted by atomic mass is 16.4. The summed E-state index contributed by atoms with van der Waals surface area (Å²) in [5, 5.41) is 13.6. The van der Waals surface area contributed by atoms with Crippen molar-refractivity contribution in [2.45, 2.75) is 51.1 Å². The second-order valence-electron chi connectivity index (χ2n) is 9.03. The first kappa shape index (κ1) is 18.4. The molecule has 2 fully saturated rings. The van der Waals surface area contributed by atoms with E-state index in [4.69, 9.17) is 5.73 Å². The maximum absolute atomic E-state index is 13.3. The van der Waals surface area contributed by atoms with Crippen molar-refractivity contribution in [2.75, 3.05) is 5.73 Å². The Morgan fingerprint density at radius 2 is 2.03 bits per heavy atom. The molecule has 0 spiro atoms. The molecule has 1 aromatic carbocycles. The molecule has 1 aliphatic heterocycles. The van der Waals surface area contributed by atoms with Gasteiger partial charge in [0, 0.05) is 29.9 Å². The van der Waals surface area contributed by atoms with Crippen LogP contribution in [0.1, 0.15) is 70.4 Å². The number of aromatic carboxylic acids is 1. The monoisotopic (exact) mass is 417 g/mol. The number of fused-ring (bicyclic) bond motifs is 2. The van der Waals surface area contributed by atoms with Gasteiger partial charge < -0.3 is 15.7 Å². The highest BCUT2D eigenvalue weighted by molar-refractivity contribution is 6.01. The first-order chi connectivity index (χ1) is 14.9. The van der Waals surface area contributed by atoms with Crippen LogP contribution in [0.15, 0.2) is 24.4 Å². The van der Waals surface area contributed by atoms with Gasteiger partial charge in [-0.1, -0.05) is 0 Å². The predicted molar refractivity (Wildman–Crippen MR) is 114 cm³/mol. The summed E-state index contributed by atoms with van der Waals surface area (Å²) in [5.74, 6) is -0.0196. The molecule has 3 N–H and O–H groups in total. The number of nitrogens with two attached hydrogens (primary N) is 1. The topological polar surface area (TPSA) is 114 Å². The molecule has 0 radical (unpaired) electrons. The molecule has 8 nitrogen and oxygen atoms in total. The molecule has 2 aromatic heterocycles. The minimum absolute atomic E-state index is 0.0555. The summed E-state index contributed by atoms with van der Waals surface area (Å²) in [5.41, 5.74) is 10.5. The number of hydrogen-bond donors (Lipinski definition) is 2. The number of anilines is 1. The Balaban J connectivity index is 1.47. The van der Waals surface area contributed by atoms with Crippen LogP contribution in [-0.2, 0) is 6.54 Å². The number of carboxylic acid groups (broad SMARTS) is 1. The zero-order valence-corrected chi connectivity index (χ0v) is 17.2. The van der Waals surface area contributed by atoms with Crippen molar-refractivity contribution in [2.24, 2.45) is 5.92 Å². The summed E-state index contributed by atoms with van der Waals surface area (Å²) in [6, 6.07) is 6.18. The number of carbonyl (C=O) groups is 2. The van der Waals surface area contributed by atoms with Gasteiger partial charge in [-0.25, -0.2) is 14.3 Å². The number of benzene rings is 1. The lowest BCUT2D eigenvalue weighted by molar-refractivity contribution is 0.0689. The molecule has 3 aromatic rings. The molecule has 6 rings (SSSR count). The number of nitrogen functional groups attached to an aromatic ring is 1. The number of carbonyl (C=O) groups excluding carboxylic acids is 1. The van der Waals surface area contributed by atoms with E-state index in [0.29, 0.717) is 24.1 Å². The van der Waals surface area contributed by atoms with Gasteiger partial charge >= 0.3 is 5.97 Å². The van der Waals surface area contributed by atoms with E-state index in [1.54, 1.807) is 6.20 Å². The lowest BCUT2D eigenvalue weighted by Crippen LogP contribution is -2.34. The van der Waals surface area contributed by atoms with Gasteiger partial charge in [0.05, 0.1) is 5.69 Å². The van der Waals surface area contributed by atoms with Crippen LogP contribution < -0.4 is 5.73 Å². The van der Waals surface area contributed by atoms with Gasteiger partial charge in [0.15, 0.2) is 11.5 Å². The molecule has 31 heavy (non-hydrogen) atoms. The Labute approximate surface area is 178 Å². The van der Waals surface area contributed by atoms with Gasteiger partial charge in [-0.3, -0.25) is 4.79 Å². The Bertz CT molecular complexity index is 1270. The van der Waals surface area contributed by atoms with Crippen LogP contribution in [0.25, 0.3) is 16.9 Å². The first-order valence-electron chi connectivity index (χ1n) is 10.8. The number of nitrogens with zero attached hydrogens (tertiary/aromatic N) is 4. The molecule has 0 bridgehead atoms. The van der Waals surface area contributed by atoms with Crippen LogP contribution in [0.5, 0.6) is 0 Å². The maximum atomic E-state index is 13.3. The second-order valence-corrected chi connectivity index (χ2v) is 9.03. The average molecular weight is 417 g/mol. The van der Waals surface area contributed by atoms with E-state index in [2.05, 4.69) is 23.1 Å². The highest BCUT2D eigenvalue weighted by Gasteiger charge is 2.41. The molecule has 2 aliphatic carbocycles. The van der Waals surface area contributed by atoms with Gasteiger partial charge in [0.1, 0.15) is 5.56 Å². The van der Waals surface area contributed by atoms with Crippen molar-refractivity contribution >= 4 is 23.3 Å². The van der Waals surface area contributed by atoms with Crippen LogP contribution in [0.3, 0.4) is 0 Å². The Hall–Kier alpha value is -3.42. The zero-order chi connectivity index (χ0) is 21.4. The van der Waals surface area contributed by atoms with Gasteiger partial charge in [-0.2, -0.15) is 0 Å². The molecule has 8 heteroatoms. The van der Waals surface area contributed by atoms with E-state index in [1.165, 1.54) is 17.4 Å². The van der Waals surface area contributed by atoms with Crippen molar-refractivity contribution in [1.82, 2.24) is 19.5 Å². The molecule has 3 heterocycles. The summed E-state index contributed by atoms with van der Waals surface area (Å²) in [4.78, 5) is 31.5. The Morgan fingerprint density at radius 3 is 2.71 bits per heavy atom. The second kappa shape index (κ2) is 6.29. The van der Waals surface area contributed by atoms with Crippen molar-refractivity contribution in [1.29, 1.82) is 0 Å². The number of aromatic nitrogens is 3. The van der Waals surface area contributed by atoms with Crippen molar-refractivity contribution in [3.63, 3.8) is 0 Å². The maximum Gasteiger partial charge on any atom is 0.343 e. The van der Waals surface area contributed by atoms with E-state index < -0.39 is 5.97 Å². The fraction of sp³-hybridized carbons (Fsp3) is 0.391. The van der Waals surface area contributed by atoms with E-state index >= 15 is 0 Å². The van der Waals surface area contributed by atoms with Gasteiger partial charge in [0.2, 0.25) is 0 Å². The van der Waals surface area contributed by atoms with Gasteiger partial charge in [-0.15, -0.1) is 5.10 Å². The largest absolute Gasteiger partial charge is 0.477 e. The number of amides is 1. The molecule has 158 valence electrons. The summed E-state index contributed by atoms with van der Waals surface area (Å²) in [7, 11) is 0. The van der Waals surface area contributed by atoms with Crippen LogP contribution in [0.4, 0.5) is 5.82 Å². The Kier molecular flexibility index (Phi) is 3.73. The number of hydrogen-bond acceptors (Lipinski definition) is 5. The average Bonchev–Trinajstić information content (AvgIpc) is 3.65. The molecule has 3 aliphatic rings. The molecule has 1 amide bonds. The van der Waals surface area contributed by atoms with Crippen molar-refractivity contribution < 1.29 is 14.7 Å². The number of rotatable bonds is 5. The third kappa shape index (κ3) is 2.81. The summed E-state index contributed by atoms with van der Waals surface area (Å²) < 4.78 is 1.39. The lowest BCUT2D eigenvalue weighted by Gasteiger charge is -2.24. The normalized spacial score (nSPS) is 19.1. The van der Waals surface area contributed by atoms with Crippen molar-refractivity contribution in [3.05, 3.63) is 46.6 Å². The summed E-state index contributed by atoms with van der Waals surface area (Å²) in [6.07, 6.45) is 6.27. The standard InChI is InChI=1S/C23H23N5O3/c1-11(12-2-3-12)27-10-15-8-14(9-16(13-4-5-13)18(15)22(27)29)17-6-7-28-21(25-17)19(23(30)31)20(24)26-28/h6-9,11-13H,2-5,10H2,1H3,(H2,24,26)(H,30,31)/t11-/m0/s1. The quantitative estimate of drug-likeness (QED) is 0.658. The fourth-order valence-electron chi connectivity index (χ4n) is 4.85. The minimum Gasteiger partial charge on any atom is -0.477 e. The smallest absolute Gasteiger partial charge is 0.343 e. The predicted octanol–water partition coefficient (Wildman–Crippen LogP) is 3.31. The third-order valence-corrected chi connectivity index (χ3v) is 6.90. The summed E-state index contributed by atoms with van der Waals surface area (Å²) in [6.45, 7) is 2.79. The fourth-order valence-corrected chi connectivity index (χ4v) is 4.85. The van der Waals surface area contributed by atoms with Gasteiger partial charge in [-0.05, 0) is 73.8 Å². The van der Waals surface area contributed by atoms with Crippen molar-refractivity contribution in [3.8, 4) is 11.3 Å². The van der Waals surface area contributed by atoms with Crippen LogP contribution in [0, 0.1) is 5.92 Å². The van der Waals surface area contributed by atoms with Gasteiger partial charge in [0.25, 0.3) is 5.91 Å². The Morgan fingerprint density at radius 1 is 1.26 bits per heavy atom. The van der Waals surface area contributed by atoms with E-state index in [0.717, 1.165) is 35.1 Å². The van der Waals surface area contributed by atoms with Crippen LogP contribution in [0.2, 0.25) is 0 Å². The molecular weight excluding hydrogens is 394 g/mol. The minimum atomic E-state index is -1.15. The molecule has 2 saturated carbocycles. The number of carboxylic acids is 1. The third-order valence-electron chi connectivity index (χ3n) is 6.90.